The minimum Gasteiger partial charge on any atom is -0.399 e. The van der Waals surface area contributed by atoms with E-state index in [9.17, 15) is 0 Å². The summed E-state index contributed by atoms with van der Waals surface area (Å²) in [6, 6.07) is 3.83. The van der Waals surface area contributed by atoms with E-state index in [0.717, 1.165) is 26.8 Å². The highest BCUT2D eigenvalue weighted by molar-refractivity contribution is 9.10. The Bertz CT molecular complexity index is 473. The average molecular weight is 240 g/mol. The van der Waals surface area contributed by atoms with Gasteiger partial charge in [-0.3, -0.25) is 4.68 Å². The van der Waals surface area contributed by atoms with Crippen LogP contribution >= 0.6 is 15.9 Å². The standard InChI is InChI=1S/C9H10BrN3/c1-5-9-7(10)3-6(11)4-8(9)13(2)12-5/h3-4H,11H2,1-2H3. The summed E-state index contributed by atoms with van der Waals surface area (Å²) < 4.78 is 2.85. The Kier molecular flexibility index (Phi) is 1.80. The molecule has 0 saturated carbocycles. The van der Waals surface area contributed by atoms with Crippen molar-refractivity contribution in [2.45, 2.75) is 6.92 Å². The molecule has 0 saturated heterocycles. The minimum atomic E-state index is 0.752. The third-order valence-corrected chi connectivity index (χ3v) is 2.73. The number of nitrogens with zero attached hydrogens (tertiary/aromatic N) is 2. The molecule has 2 rings (SSSR count). The molecule has 4 heteroatoms. The molecule has 0 bridgehead atoms. The molecule has 1 aromatic carbocycles. The maximum atomic E-state index is 5.73. The summed E-state index contributed by atoms with van der Waals surface area (Å²) in [7, 11) is 1.92. The lowest BCUT2D eigenvalue weighted by molar-refractivity contribution is 0.783. The number of hydrogen-bond donors (Lipinski definition) is 1. The lowest BCUT2D eigenvalue weighted by Crippen LogP contribution is -1.91. The smallest absolute Gasteiger partial charge is 0.0713 e. The van der Waals surface area contributed by atoms with Crippen molar-refractivity contribution >= 4 is 32.5 Å². The van der Waals surface area contributed by atoms with Crippen molar-refractivity contribution < 1.29 is 0 Å². The van der Waals surface area contributed by atoms with Gasteiger partial charge in [0.1, 0.15) is 0 Å². The van der Waals surface area contributed by atoms with Crippen LogP contribution in [0.15, 0.2) is 16.6 Å². The summed E-state index contributed by atoms with van der Waals surface area (Å²) in [5.41, 5.74) is 8.56. The Morgan fingerprint density at radius 3 is 2.85 bits per heavy atom. The molecule has 2 aromatic rings. The molecular formula is C9H10BrN3. The first-order chi connectivity index (χ1) is 6.09. The molecular weight excluding hydrogens is 230 g/mol. The summed E-state index contributed by atoms with van der Waals surface area (Å²) in [5, 5.41) is 5.46. The summed E-state index contributed by atoms with van der Waals surface area (Å²) in [6.45, 7) is 1.99. The number of fused-ring (bicyclic) bond motifs is 1. The van der Waals surface area contributed by atoms with E-state index in [-0.39, 0.29) is 0 Å². The molecule has 0 aliphatic carbocycles. The molecule has 0 aliphatic rings. The zero-order chi connectivity index (χ0) is 9.59. The molecule has 0 atom stereocenters. The number of aromatic nitrogens is 2. The molecule has 0 radical (unpaired) electrons. The van der Waals surface area contributed by atoms with E-state index in [1.807, 2.05) is 30.8 Å². The molecule has 0 fully saturated rings. The Morgan fingerprint density at radius 2 is 2.15 bits per heavy atom. The van der Waals surface area contributed by atoms with Gasteiger partial charge in [-0.05, 0) is 35.0 Å². The van der Waals surface area contributed by atoms with E-state index >= 15 is 0 Å². The maximum absolute atomic E-state index is 5.73. The highest BCUT2D eigenvalue weighted by Gasteiger charge is 2.08. The number of nitrogen functional groups attached to an aromatic ring is 1. The summed E-state index contributed by atoms with van der Waals surface area (Å²) in [6.07, 6.45) is 0. The maximum Gasteiger partial charge on any atom is 0.0713 e. The average Bonchev–Trinajstić information content (AvgIpc) is 2.27. The van der Waals surface area contributed by atoms with Gasteiger partial charge < -0.3 is 5.73 Å². The zero-order valence-corrected chi connectivity index (χ0v) is 9.09. The van der Waals surface area contributed by atoms with Gasteiger partial charge in [-0.1, -0.05) is 0 Å². The van der Waals surface area contributed by atoms with Crippen LogP contribution in [0.1, 0.15) is 5.69 Å². The second-order valence-corrected chi connectivity index (χ2v) is 3.96. The van der Waals surface area contributed by atoms with Crippen LogP contribution in [-0.2, 0) is 7.05 Å². The van der Waals surface area contributed by atoms with Crippen molar-refractivity contribution in [3.63, 3.8) is 0 Å². The summed E-state index contributed by atoms with van der Waals surface area (Å²) in [5.74, 6) is 0. The molecule has 0 spiro atoms. The van der Waals surface area contributed by atoms with E-state index in [1.54, 1.807) is 0 Å². The fourth-order valence-electron chi connectivity index (χ4n) is 1.55. The molecule has 1 aromatic heterocycles. The first-order valence-corrected chi connectivity index (χ1v) is 4.77. The number of aryl methyl sites for hydroxylation is 2. The van der Waals surface area contributed by atoms with Gasteiger partial charge in [-0.2, -0.15) is 5.10 Å². The monoisotopic (exact) mass is 239 g/mol. The normalized spacial score (nSPS) is 11.0. The van der Waals surface area contributed by atoms with Crippen LogP contribution in [-0.4, -0.2) is 9.78 Å². The van der Waals surface area contributed by atoms with Crippen LogP contribution in [0.25, 0.3) is 10.9 Å². The Morgan fingerprint density at radius 1 is 1.46 bits per heavy atom. The van der Waals surface area contributed by atoms with Crippen molar-refractivity contribution in [3.8, 4) is 0 Å². The van der Waals surface area contributed by atoms with Crippen molar-refractivity contribution in [2.75, 3.05) is 5.73 Å². The third-order valence-electron chi connectivity index (χ3n) is 2.10. The van der Waals surface area contributed by atoms with Crippen LogP contribution in [0.5, 0.6) is 0 Å². The Hall–Kier alpha value is -1.03. The van der Waals surface area contributed by atoms with Crippen LogP contribution in [0, 0.1) is 6.92 Å². The molecule has 68 valence electrons. The van der Waals surface area contributed by atoms with E-state index in [4.69, 9.17) is 5.73 Å². The van der Waals surface area contributed by atoms with Gasteiger partial charge in [-0.15, -0.1) is 0 Å². The van der Waals surface area contributed by atoms with Gasteiger partial charge in [-0.25, -0.2) is 0 Å². The predicted molar refractivity (Wildman–Crippen MR) is 57.6 cm³/mol. The van der Waals surface area contributed by atoms with Crippen LogP contribution in [0.2, 0.25) is 0 Å². The van der Waals surface area contributed by atoms with Crippen molar-refractivity contribution in [1.29, 1.82) is 0 Å². The van der Waals surface area contributed by atoms with E-state index in [1.165, 1.54) is 0 Å². The first kappa shape index (κ1) is 8.56. The van der Waals surface area contributed by atoms with Crippen LogP contribution < -0.4 is 5.73 Å². The molecule has 0 unspecified atom stereocenters. The minimum absolute atomic E-state index is 0.752. The predicted octanol–water partition coefficient (Wildman–Crippen LogP) is 2.23. The number of hydrogen-bond acceptors (Lipinski definition) is 2. The lowest BCUT2D eigenvalue weighted by atomic mass is 10.2. The highest BCUT2D eigenvalue weighted by Crippen LogP contribution is 2.28. The van der Waals surface area contributed by atoms with Gasteiger partial charge in [0, 0.05) is 22.6 Å². The second-order valence-electron chi connectivity index (χ2n) is 3.11. The van der Waals surface area contributed by atoms with E-state index in [2.05, 4.69) is 21.0 Å². The molecule has 0 amide bonds. The Balaban J connectivity index is 2.97. The third kappa shape index (κ3) is 1.21. The van der Waals surface area contributed by atoms with Crippen LogP contribution in [0.3, 0.4) is 0 Å². The first-order valence-electron chi connectivity index (χ1n) is 3.98. The number of benzene rings is 1. The number of rotatable bonds is 0. The topological polar surface area (TPSA) is 43.8 Å². The fourth-order valence-corrected chi connectivity index (χ4v) is 2.31. The molecule has 3 nitrogen and oxygen atoms in total. The van der Waals surface area contributed by atoms with Gasteiger partial charge in [0.15, 0.2) is 0 Å². The number of halogens is 1. The second kappa shape index (κ2) is 2.73. The lowest BCUT2D eigenvalue weighted by Gasteiger charge is -1.98. The Labute approximate surface area is 84.7 Å². The zero-order valence-electron chi connectivity index (χ0n) is 7.50. The van der Waals surface area contributed by atoms with Gasteiger partial charge in [0.2, 0.25) is 0 Å². The van der Waals surface area contributed by atoms with Crippen LogP contribution in [0.4, 0.5) is 5.69 Å². The van der Waals surface area contributed by atoms with E-state index < -0.39 is 0 Å². The molecule has 13 heavy (non-hydrogen) atoms. The van der Waals surface area contributed by atoms with E-state index in [0.29, 0.717) is 0 Å². The summed E-state index contributed by atoms with van der Waals surface area (Å²) in [4.78, 5) is 0. The molecule has 0 aliphatic heterocycles. The summed E-state index contributed by atoms with van der Waals surface area (Å²) >= 11 is 3.48. The van der Waals surface area contributed by atoms with Gasteiger partial charge in [0.25, 0.3) is 0 Å². The molecule has 2 N–H and O–H groups in total. The molecule has 1 heterocycles. The number of nitrogens with two attached hydrogens (primary N) is 1. The largest absolute Gasteiger partial charge is 0.399 e. The van der Waals surface area contributed by atoms with Gasteiger partial charge in [0.05, 0.1) is 11.2 Å². The highest BCUT2D eigenvalue weighted by atomic mass is 79.9. The van der Waals surface area contributed by atoms with Crippen molar-refractivity contribution in [1.82, 2.24) is 9.78 Å². The number of anilines is 1. The van der Waals surface area contributed by atoms with Crippen molar-refractivity contribution in [3.05, 3.63) is 22.3 Å². The SMILES string of the molecule is Cc1nn(C)c2cc(N)cc(Br)c12. The fraction of sp³-hybridized carbons (Fsp3) is 0.222. The quantitative estimate of drug-likeness (QED) is 0.717. The van der Waals surface area contributed by atoms with Crippen molar-refractivity contribution in [2.24, 2.45) is 7.05 Å². The van der Waals surface area contributed by atoms with Gasteiger partial charge >= 0.3 is 0 Å².